The maximum absolute atomic E-state index is 13.7. The summed E-state index contributed by atoms with van der Waals surface area (Å²) in [5.74, 6) is -9.30. The van der Waals surface area contributed by atoms with Crippen molar-refractivity contribution < 1.29 is 76.2 Å². The van der Waals surface area contributed by atoms with E-state index < -0.39 is 103 Å². The van der Waals surface area contributed by atoms with E-state index in [-0.39, 0.29) is 22.3 Å². The number of aliphatic hydroxyl groups is 1. The van der Waals surface area contributed by atoms with E-state index in [9.17, 15) is 43.5 Å². The lowest BCUT2D eigenvalue weighted by Crippen LogP contribution is -2.69. The Morgan fingerprint density at radius 2 is 1.61 bits per heavy atom. The molecule has 0 radical (unpaired) electrons. The molecule has 18 nitrogen and oxygen atoms in total. The lowest BCUT2D eigenvalue weighted by atomic mass is 9.88. The summed E-state index contributed by atoms with van der Waals surface area (Å²) in [5.41, 5.74) is -0.719. The standard InChI is InChI=1S/C31H35NO17/c1-14(33)43-13-24(46-17(4)36)28(47-18(5)37)29-27(23(45-16(3)35)12-31(41,49-29)30(40)42-6)32-25(38)9-19-10-26(39)48-22-11-20(44-15(2)34)7-8-21(19)22/h7-8,10-11,23-24,27-29,41H,9,12-13H2,1-6H3,(H,32,38)/t23-,24+,27+,28+,29+,31+/m0/s1. The van der Waals surface area contributed by atoms with Crippen LogP contribution >= 0.6 is 0 Å². The third-order valence-electron chi connectivity index (χ3n) is 6.89. The summed E-state index contributed by atoms with van der Waals surface area (Å²) in [6, 6.07) is 3.60. The van der Waals surface area contributed by atoms with Gasteiger partial charge in [-0.25, -0.2) is 9.59 Å². The number of esters is 6. The molecule has 1 aliphatic rings. The van der Waals surface area contributed by atoms with Crippen molar-refractivity contribution in [3.63, 3.8) is 0 Å². The van der Waals surface area contributed by atoms with Crippen molar-refractivity contribution in [3.8, 4) is 5.75 Å². The highest BCUT2D eigenvalue weighted by molar-refractivity contribution is 5.88. The Kier molecular flexibility index (Phi) is 12.6. The van der Waals surface area contributed by atoms with Gasteiger partial charge in [-0.2, -0.15) is 0 Å². The number of methoxy groups -OCH3 is 1. The molecule has 266 valence electrons. The van der Waals surface area contributed by atoms with Crippen molar-refractivity contribution >= 4 is 52.7 Å². The molecule has 1 amide bonds. The highest BCUT2D eigenvalue weighted by Crippen LogP contribution is 2.35. The fourth-order valence-electron chi connectivity index (χ4n) is 5.17. The molecule has 0 aliphatic carbocycles. The molecule has 0 spiro atoms. The highest BCUT2D eigenvalue weighted by Gasteiger charge is 2.57. The topological polar surface area (TPSA) is 247 Å². The SMILES string of the molecule is COC(=O)[C@@]1(O)C[C@H](OC(C)=O)[C@@H](NC(=O)Cc2cc(=O)oc3cc(OC(C)=O)ccc23)[C@H]([C@H](OC(C)=O)[C@@H](COC(C)=O)OC(C)=O)O1. The molecule has 6 atom stereocenters. The van der Waals surface area contributed by atoms with Crippen LogP contribution in [0, 0.1) is 0 Å². The van der Waals surface area contributed by atoms with Crippen LogP contribution in [0.5, 0.6) is 5.75 Å². The second kappa shape index (κ2) is 16.2. The number of ether oxygens (including phenoxy) is 7. The van der Waals surface area contributed by atoms with Gasteiger partial charge < -0.3 is 48.0 Å². The first-order valence-electron chi connectivity index (χ1n) is 14.6. The Morgan fingerprint density at radius 3 is 2.18 bits per heavy atom. The molecule has 0 saturated carbocycles. The van der Waals surface area contributed by atoms with Gasteiger partial charge in [-0.15, -0.1) is 0 Å². The normalized spacial score (nSPS) is 21.3. The van der Waals surface area contributed by atoms with Crippen LogP contribution in [-0.2, 0) is 68.4 Å². The second-order valence-corrected chi connectivity index (χ2v) is 10.8. The van der Waals surface area contributed by atoms with E-state index in [0.29, 0.717) is 0 Å². The third-order valence-corrected chi connectivity index (χ3v) is 6.89. The maximum Gasteiger partial charge on any atom is 0.366 e. The molecule has 0 unspecified atom stereocenters. The van der Waals surface area contributed by atoms with Crippen LogP contribution < -0.4 is 15.7 Å². The van der Waals surface area contributed by atoms with E-state index in [1.807, 2.05) is 0 Å². The van der Waals surface area contributed by atoms with E-state index in [0.717, 1.165) is 40.9 Å². The number of amides is 1. The number of hydrogen-bond acceptors (Lipinski definition) is 17. The number of carbonyl (C=O) groups excluding carboxylic acids is 7. The smallest absolute Gasteiger partial charge is 0.366 e. The minimum absolute atomic E-state index is 0.0153. The number of fused-ring (bicyclic) bond motifs is 1. The Labute approximate surface area is 277 Å². The number of benzene rings is 1. The molecule has 1 fully saturated rings. The first-order chi connectivity index (χ1) is 22.9. The van der Waals surface area contributed by atoms with Crippen LogP contribution in [0.4, 0.5) is 0 Å². The van der Waals surface area contributed by atoms with Gasteiger partial charge in [0.1, 0.15) is 30.1 Å². The molecule has 1 aromatic heterocycles. The molecule has 1 aliphatic heterocycles. The van der Waals surface area contributed by atoms with Gasteiger partial charge in [0.15, 0.2) is 12.2 Å². The summed E-state index contributed by atoms with van der Waals surface area (Å²) < 4.78 is 41.7. The minimum Gasteiger partial charge on any atom is -0.465 e. The largest absolute Gasteiger partial charge is 0.465 e. The van der Waals surface area contributed by atoms with Crippen LogP contribution in [0.2, 0.25) is 0 Å². The van der Waals surface area contributed by atoms with Crippen molar-refractivity contribution in [2.24, 2.45) is 0 Å². The van der Waals surface area contributed by atoms with Crippen LogP contribution in [0.3, 0.4) is 0 Å². The lowest BCUT2D eigenvalue weighted by molar-refractivity contribution is -0.299. The van der Waals surface area contributed by atoms with E-state index in [1.165, 1.54) is 25.1 Å². The summed E-state index contributed by atoms with van der Waals surface area (Å²) >= 11 is 0. The summed E-state index contributed by atoms with van der Waals surface area (Å²) in [5, 5.41) is 14.1. The minimum atomic E-state index is -2.87. The Balaban J connectivity index is 2.12. The van der Waals surface area contributed by atoms with Crippen LogP contribution in [-0.4, -0.2) is 96.8 Å². The summed E-state index contributed by atoms with van der Waals surface area (Å²) in [6.07, 6.45) is -8.25. The average Bonchev–Trinajstić information content (AvgIpc) is 2.97. The average molecular weight is 694 g/mol. The fraction of sp³-hybridized carbons (Fsp3) is 0.484. The first kappa shape index (κ1) is 38.1. The molecular weight excluding hydrogens is 658 g/mol. The molecule has 18 heteroatoms. The van der Waals surface area contributed by atoms with E-state index in [1.54, 1.807) is 0 Å². The zero-order chi connectivity index (χ0) is 36.6. The first-order valence-corrected chi connectivity index (χ1v) is 14.6. The van der Waals surface area contributed by atoms with Gasteiger partial charge in [0.2, 0.25) is 5.91 Å². The Bertz CT molecular complexity index is 1680. The van der Waals surface area contributed by atoms with Gasteiger partial charge >= 0.3 is 41.4 Å². The van der Waals surface area contributed by atoms with Gasteiger partial charge in [-0.05, 0) is 17.7 Å². The van der Waals surface area contributed by atoms with E-state index in [2.05, 4.69) is 10.1 Å². The van der Waals surface area contributed by atoms with Crippen molar-refractivity contribution in [2.45, 2.75) is 83.7 Å². The molecule has 2 heterocycles. The van der Waals surface area contributed by atoms with E-state index >= 15 is 0 Å². The molecule has 49 heavy (non-hydrogen) atoms. The molecule has 3 rings (SSSR count). The monoisotopic (exact) mass is 693 g/mol. The van der Waals surface area contributed by atoms with Crippen LogP contribution in [0.25, 0.3) is 11.0 Å². The van der Waals surface area contributed by atoms with Gasteiger partial charge in [0.05, 0.1) is 26.0 Å². The molecule has 2 aromatic rings. The number of nitrogens with one attached hydrogen (secondary N) is 1. The number of rotatable bonds is 12. The Morgan fingerprint density at radius 1 is 0.939 bits per heavy atom. The predicted molar refractivity (Wildman–Crippen MR) is 159 cm³/mol. The fourth-order valence-corrected chi connectivity index (χ4v) is 5.17. The number of carbonyl (C=O) groups is 7. The molecular formula is C31H35NO17. The van der Waals surface area contributed by atoms with Crippen molar-refractivity contribution in [1.82, 2.24) is 5.32 Å². The zero-order valence-electron chi connectivity index (χ0n) is 27.3. The van der Waals surface area contributed by atoms with Crippen LogP contribution in [0.15, 0.2) is 33.5 Å². The van der Waals surface area contributed by atoms with Crippen molar-refractivity contribution in [3.05, 3.63) is 40.2 Å². The molecule has 2 N–H and O–H groups in total. The summed E-state index contributed by atoms with van der Waals surface area (Å²) in [4.78, 5) is 98.4. The number of hydrogen-bond donors (Lipinski definition) is 2. The van der Waals surface area contributed by atoms with Gasteiger partial charge in [-0.3, -0.25) is 28.8 Å². The quantitative estimate of drug-likeness (QED) is 0.126. The zero-order valence-corrected chi connectivity index (χ0v) is 27.3. The summed E-state index contributed by atoms with van der Waals surface area (Å²) in [6.45, 7) is 4.47. The van der Waals surface area contributed by atoms with Crippen molar-refractivity contribution in [1.29, 1.82) is 0 Å². The Hall–Kier alpha value is -5.36. The van der Waals surface area contributed by atoms with Gasteiger partial charge in [0.25, 0.3) is 5.79 Å². The summed E-state index contributed by atoms with van der Waals surface area (Å²) in [7, 11) is 0.926. The second-order valence-electron chi connectivity index (χ2n) is 10.8. The lowest BCUT2D eigenvalue weighted by Gasteiger charge is -2.47. The third kappa shape index (κ3) is 10.3. The van der Waals surface area contributed by atoms with Gasteiger partial charge in [-0.1, -0.05) is 0 Å². The maximum atomic E-state index is 13.7. The van der Waals surface area contributed by atoms with E-state index in [4.69, 9.17) is 32.8 Å². The molecule has 1 saturated heterocycles. The van der Waals surface area contributed by atoms with Crippen molar-refractivity contribution in [2.75, 3.05) is 13.7 Å². The van der Waals surface area contributed by atoms with Gasteiger partial charge in [0, 0.05) is 52.1 Å². The molecule has 1 aromatic carbocycles. The molecule has 0 bridgehead atoms. The predicted octanol–water partition coefficient (Wildman–Crippen LogP) is -0.246. The van der Waals surface area contributed by atoms with Crippen LogP contribution in [0.1, 0.15) is 46.6 Å². The highest BCUT2D eigenvalue weighted by atomic mass is 16.7.